The number of aromatic nitrogens is 5. The van der Waals surface area contributed by atoms with Crippen LogP contribution in [-0.2, 0) is 24.3 Å². The molecule has 0 bridgehead atoms. The number of H-pyrrole nitrogens is 1. The molecule has 0 saturated carbocycles. The SMILES string of the molecule is CCCCn1c(=O)[nH]c(=O)c2c1nc(CCC(=O)Nc1cccnc1)n2CC(C)C. The number of fused-ring (bicyclic) bond motifs is 1. The fourth-order valence-corrected chi connectivity index (χ4v) is 3.38. The molecule has 0 aliphatic heterocycles. The quantitative estimate of drug-likeness (QED) is 0.560. The molecule has 0 aliphatic rings. The van der Waals surface area contributed by atoms with E-state index >= 15 is 0 Å². The van der Waals surface area contributed by atoms with Crippen molar-refractivity contribution in [3.8, 4) is 0 Å². The number of nitrogens with one attached hydrogen (secondary N) is 2. The summed E-state index contributed by atoms with van der Waals surface area (Å²) >= 11 is 0. The van der Waals surface area contributed by atoms with E-state index in [9.17, 15) is 14.4 Å². The molecule has 9 nitrogen and oxygen atoms in total. The van der Waals surface area contributed by atoms with Crippen molar-refractivity contribution < 1.29 is 4.79 Å². The summed E-state index contributed by atoms with van der Waals surface area (Å²) in [7, 11) is 0. The molecule has 3 aromatic heterocycles. The van der Waals surface area contributed by atoms with Crippen LogP contribution in [0.15, 0.2) is 34.1 Å². The first-order valence-corrected chi connectivity index (χ1v) is 10.3. The molecular formula is C21H28N6O3. The van der Waals surface area contributed by atoms with Gasteiger partial charge in [-0.3, -0.25) is 24.1 Å². The highest BCUT2D eigenvalue weighted by atomic mass is 16.2. The second kappa shape index (κ2) is 9.51. The summed E-state index contributed by atoms with van der Waals surface area (Å²) in [4.78, 5) is 48.4. The number of imidazole rings is 1. The zero-order chi connectivity index (χ0) is 21.7. The van der Waals surface area contributed by atoms with E-state index in [1.165, 1.54) is 4.57 Å². The topological polar surface area (TPSA) is 115 Å². The van der Waals surface area contributed by atoms with Crippen LogP contribution < -0.4 is 16.6 Å². The molecule has 0 saturated heterocycles. The number of carbonyl (C=O) groups excluding carboxylic acids is 1. The molecular weight excluding hydrogens is 384 g/mol. The average Bonchev–Trinajstić information content (AvgIpc) is 3.05. The standard InChI is InChI=1S/C21H28N6O3/c1-4-5-11-26-19-18(20(29)25-21(26)30)27(13-14(2)3)16(24-19)8-9-17(28)23-15-7-6-10-22-12-15/h6-7,10,12,14H,4-5,8-9,11,13H2,1-3H3,(H,23,28)(H,25,29,30). The van der Waals surface area contributed by atoms with E-state index in [1.807, 2.05) is 25.3 Å². The Morgan fingerprint density at radius 1 is 1.27 bits per heavy atom. The molecule has 2 N–H and O–H groups in total. The second-order valence-corrected chi connectivity index (χ2v) is 7.76. The molecule has 3 rings (SSSR count). The van der Waals surface area contributed by atoms with Gasteiger partial charge in [-0.15, -0.1) is 0 Å². The Labute approximate surface area is 174 Å². The lowest BCUT2D eigenvalue weighted by atomic mass is 10.2. The van der Waals surface area contributed by atoms with Crippen molar-refractivity contribution in [1.82, 2.24) is 24.1 Å². The zero-order valence-electron chi connectivity index (χ0n) is 17.6. The molecule has 0 fully saturated rings. The molecule has 160 valence electrons. The highest BCUT2D eigenvalue weighted by molar-refractivity contribution is 5.90. The number of aromatic amines is 1. The van der Waals surface area contributed by atoms with Crippen LogP contribution in [0.1, 0.15) is 45.9 Å². The Morgan fingerprint density at radius 2 is 2.07 bits per heavy atom. The van der Waals surface area contributed by atoms with E-state index in [0.717, 1.165) is 12.8 Å². The van der Waals surface area contributed by atoms with E-state index in [4.69, 9.17) is 0 Å². The van der Waals surface area contributed by atoms with Gasteiger partial charge in [-0.25, -0.2) is 9.78 Å². The zero-order valence-corrected chi connectivity index (χ0v) is 17.6. The van der Waals surface area contributed by atoms with Gasteiger partial charge in [-0.05, 0) is 24.5 Å². The summed E-state index contributed by atoms with van der Waals surface area (Å²) in [6.45, 7) is 7.20. The first kappa shape index (κ1) is 21.5. The van der Waals surface area contributed by atoms with Crippen molar-refractivity contribution >= 4 is 22.8 Å². The summed E-state index contributed by atoms with van der Waals surface area (Å²) in [6.07, 6.45) is 5.50. The summed E-state index contributed by atoms with van der Waals surface area (Å²) in [5.41, 5.74) is 0.517. The van der Waals surface area contributed by atoms with Crippen molar-refractivity contribution in [3.63, 3.8) is 0 Å². The van der Waals surface area contributed by atoms with Crippen molar-refractivity contribution in [2.45, 2.75) is 59.5 Å². The van der Waals surface area contributed by atoms with Crippen LogP contribution in [-0.4, -0.2) is 30.0 Å². The number of anilines is 1. The third-order valence-corrected chi connectivity index (χ3v) is 4.77. The maximum absolute atomic E-state index is 12.6. The molecule has 3 heterocycles. The summed E-state index contributed by atoms with van der Waals surface area (Å²) in [5, 5.41) is 2.80. The van der Waals surface area contributed by atoms with Crippen molar-refractivity contribution in [2.75, 3.05) is 5.32 Å². The third kappa shape index (κ3) is 4.84. The fourth-order valence-electron chi connectivity index (χ4n) is 3.38. The number of hydrogen-bond donors (Lipinski definition) is 2. The van der Waals surface area contributed by atoms with Gasteiger partial charge in [0, 0.05) is 32.1 Å². The number of nitrogens with zero attached hydrogens (tertiary/aromatic N) is 4. The highest BCUT2D eigenvalue weighted by Gasteiger charge is 2.19. The molecule has 0 aromatic carbocycles. The first-order chi connectivity index (χ1) is 14.4. The lowest BCUT2D eigenvalue weighted by Gasteiger charge is -2.11. The highest BCUT2D eigenvalue weighted by Crippen LogP contribution is 2.16. The molecule has 3 aromatic rings. The van der Waals surface area contributed by atoms with Gasteiger partial charge in [0.1, 0.15) is 5.82 Å². The Bertz CT molecular complexity index is 1130. The largest absolute Gasteiger partial charge is 0.330 e. The number of rotatable bonds is 9. The van der Waals surface area contributed by atoms with Crippen molar-refractivity contribution in [2.24, 2.45) is 5.92 Å². The van der Waals surface area contributed by atoms with Crippen LogP contribution in [0.2, 0.25) is 0 Å². The number of hydrogen-bond acceptors (Lipinski definition) is 5. The van der Waals surface area contributed by atoms with Crippen molar-refractivity contribution in [1.29, 1.82) is 0 Å². The average molecular weight is 412 g/mol. The van der Waals surface area contributed by atoms with E-state index in [1.54, 1.807) is 24.5 Å². The summed E-state index contributed by atoms with van der Waals surface area (Å²) in [6, 6.07) is 3.52. The van der Waals surface area contributed by atoms with E-state index in [2.05, 4.69) is 20.3 Å². The van der Waals surface area contributed by atoms with E-state index in [0.29, 0.717) is 42.2 Å². The molecule has 30 heavy (non-hydrogen) atoms. The lowest BCUT2D eigenvalue weighted by Crippen LogP contribution is -2.31. The van der Waals surface area contributed by atoms with Crippen LogP contribution in [0.5, 0.6) is 0 Å². The summed E-state index contributed by atoms with van der Waals surface area (Å²) in [5.74, 6) is 0.727. The first-order valence-electron chi connectivity index (χ1n) is 10.3. The van der Waals surface area contributed by atoms with Crippen LogP contribution in [0.4, 0.5) is 5.69 Å². The van der Waals surface area contributed by atoms with Crippen LogP contribution in [0.25, 0.3) is 11.2 Å². The van der Waals surface area contributed by atoms with Crippen LogP contribution in [0.3, 0.4) is 0 Å². The predicted molar refractivity (Wildman–Crippen MR) is 116 cm³/mol. The summed E-state index contributed by atoms with van der Waals surface area (Å²) < 4.78 is 3.37. The monoisotopic (exact) mass is 412 g/mol. The molecule has 9 heteroatoms. The minimum atomic E-state index is -0.448. The van der Waals surface area contributed by atoms with Gasteiger partial charge in [0.15, 0.2) is 11.2 Å². The second-order valence-electron chi connectivity index (χ2n) is 7.76. The number of unbranched alkanes of at least 4 members (excludes halogenated alkanes) is 1. The van der Waals surface area contributed by atoms with Crippen molar-refractivity contribution in [3.05, 3.63) is 51.2 Å². The van der Waals surface area contributed by atoms with E-state index in [-0.39, 0.29) is 18.2 Å². The molecule has 0 atom stereocenters. The van der Waals surface area contributed by atoms with Gasteiger partial charge >= 0.3 is 5.69 Å². The smallest absolute Gasteiger partial charge is 0.325 e. The normalized spacial score (nSPS) is 11.3. The van der Waals surface area contributed by atoms with Gasteiger partial charge in [0.2, 0.25) is 5.91 Å². The van der Waals surface area contributed by atoms with Gasteiger partial charge in [0.25, 0.3) is 5.56 Å². The Kier molecular flexibility index (Phi) is 6.81. The fraction of sp³-hybridized carbons (Fsp3) is 0.476. The number of pyridine rings is 1. The van der Waals surface area contributed by atoms with Gasteiger partial charge < -0.3 is 9.88 Å². The number of aryl methyl sites for hydroxylation is 2. The Hall–Kier alpha value is -3.23. The minimum Gasteiger partial charge on any atom is -0.325 e. The van der Waals surface area contributed by atoms with E-state index < -0.39 is 11.2 Å². The maximum atomic E-state index is 12.6. The molecule has 0 radical (unpaired) electrons. The Morgan fingerprint density at radius 3 is 2.73 bits per heavy atom. The Balaban J connectivity index is 1.94. The molecule has 0 spiro atoms. The van der Waals surface area contributed by atoms with Gasteiger partial charge in [0.05, 0.1) is 11.9 Å². The lowest BCUT2D eigenvalue weighted by molar-refractivity contribution is -0.116. The number of amides is 1. The number of carbonyl (C=O) groups is 1. The van der Waals surface area contributed by atoms with Gasteiger partial charge in [-0.2, -0.15) is 0 Å². The minimum absolute atomic E-state index is 0.163. The molecule has 0 aliphatic carbocycles. The third-order valence-electron chi connectivity index (χ3n) is 4.77. The predicted octanol–water partition coefficient (Wildman–Crippen LogP) is 2.31. The van der Waals surface area contributed by atoms with Crippen LogP contribution >= 0.6 is 0 Å². The molecule has 1 amide bonds. The van der Waals surface area contributed by atoms with Crippen LogP contribution in [0, 0.1) is 5.92 Å². The van der Waals surface area contributed by atoms with Gasteiger partial charge in [-0.1, -0.05) is 27.2 Å². The molecule has 0 unspecified atom stereocenters. The maximum Gasteiger partial charge on any atom is 0.330 e.